The smallest absolute Gasteiger partial charge is 0.331 e. The molecule has 0 aliphatic carbocycles. The van der Waals surface area contributed by atoms with Crippen LogP contribution in [0.25, 0.3) is 0 Å². The normalized spacial score (nSPS) is 15.5. The Labute approximate surface area is 75.2 Å². The second kappa shape index (κ2) is 5.08. The van der Waals surface area contributed by atoms with Gasteiger partial charge in [0.2, 0.25) is 0 Å². The number of ether oxygens (including phenoxy) is 1. The van der Waals surface area contributed by atoms with E-state index in [9.17, 15) is 13.6 Å². The minimum atomic E-state index is -2.94. The molecule has 0 heterocycles. The number of rotatable bonds is 5. The zero-order valence-electron chi connectivity index (χ0n) is 7.43. The third kappa shape index (κ3) is 2.89. The zero-order chi connectivity index (χ0) is 10.5. The van der Waals surface area contributed by atoms with Crippen molar-refractivity contribution in [3.05, 3.63) is 0 Å². The van der Waals surface area contributed by atoms with Crippen molar-refractivity contribution in [1.82, 2.24) is 0 Å². The summed E-state index contributed by atoms with van der Waals surface area (Å²) in [7, 11) is 1.02. The fourth-order valence-electron chi connectivity index (χ4n) is 0.885. The van der Waals surface area contributed by atoms with Crippen LogP contribution in [-0.4, -0.2) is 31.6 Å². The number of carbonyl (C=O) groups excluding carboxylic acids is 1. The van der Waals surface area contributed by atoms with Gasteiger partial charge in [-0.1, -0.05) is 0 Å². The molecule has 0 aliphatic rings. The van der Waals surface area contributed by atoms with E-state index < -0.39 is 17.9 Å². The van der Waals surface area contributed by atoms with Crippen LogP contribution in [0.3, 0.4) is 0 Å². The molecule has 0 unspecified atom stereocenters. The summed E-state index contributed by atoms with van der Waals surface area (Å²) in [5.41, 5.74) is 8.11. The molecule has 0 rings (SSSR count). The van der Waals surface area contributed by atoms with Crippen LogP contribution in [0, 0.1) is 0 Å². The van der Waals surface area contributed by atoms with Crippen LogP contribution in [0.4, 0.5) is 8.78 Å². The number of halogens is 2. The van der Waals surface area contributed by atoms with Crippen LogP contribution < -0.4 is 11.5 Å². The van der Waals surface area contributed by atoms with Crippen molar-refractivity contribution >= 4 is 5.97 Å². The van der Waals surface area contributed by atoms with Crippen molar-refractivity contribution in [2.24, 2.45) is 11.5 Å². The average Bonchev–Trinajstić information content (AvgIpc) is 2.12. The molecule has 0 aliphatic heterocycles. The molecule has 0 aromatic rings. The minimum absolute atomic E-state index is 0.173. The fraction of sp³-hybridized carbons (Fsp3) is 0.857. The van der Waals surface area contributed by atoms with Crippen LogP contribution in [-0.2, 0) is 9.53 Å². The van der Waals surface area contributed by atoms with Crippen molar-refractivity contribution in [3.63, 3.8) is 0 Å². The quantitative estimate of drug-likeness (QED) is 0.600. The summed E-state index contributed by atoms with van der Waals surface area (Å²) in [6, 6.07) is 0. The Morgan fingerprint density at radius 2 is 2.15 bits per heavy atom. The van der Waals surface area contributed by atoms with Crippen LogP contribution in [0.15, 0.2) is 0 Å². The van der Waals surface area contributed by atoms with E-state index in [2.05, 4.69) is 4.74 Å². The van der Waals surface area contributed by atoms with E-state index in [0.717, 1.165) is 7.11 Å². The average molecular weight is 196 g/mol. The third-order valence-electron chi connectivity index (χ3n) is 1.75. The molecule has 6 heteroatoms. The number of carbonyl (C=O) groups is 1. The number of hydrogen-bond donors (Lipinski definition) is 2. The molecule has 1 atom stereocenters. The maximum Gasteiger partial charge on any atom is 0.331 e. The van der Waals surface area contributed by atoms with Crippen molar-refractivity contribution < 1.29 is 18.3 Å². The zero-order valence-corrected chi connectivity index (χ0v) is 7.43. The maximum atomic E-state index is 12.4. The summed E-state index contributed by atoms with van der Waals surface area (Å²) in [4.78, 5) is 10.9. The summed E-state index contributed by atoms with van der Waals surface area (Å²) in [5, 5.41) is 0. The molecule has 4 N–H and O–H groups in total. The van der Waals surface area contributed by atoms with Crippen molar-refractivity contribution in [3.8, 4) is 0 Å². The molecular weight excluding hydrogens is 182 g/mol. The fourth-order valence-corrected chi connectivity index (χ4v) is 0.885. The summed E-state index contributed by atoms with van der Waals surface area (Å²) in [6.07, 6.45) is -2.85. The lowest BCUT2D eigenvalue weighted by atomic mass is 9.95. The highest BCUT2D eigenvalue weighted by Gasteiger charge is 2.44. The van der Waals surface area contributed by atoms with Crippen molar-refractivity contribution in [1.29, 1.82) is 0 Å². The highest BCUT2D eigenvalue weighted by molar-refractivity contribution is 5.81. The molecule has 0 aromatic carbocycles. The molecular formula is C7H14F2N2O2. The Bertz CT molecular complexity index is 178. The summed E-state index contributed by atoms with van der Waals surface area (Å²) in [5.74, 6) is -1.10. The lowest BCUT2D eigenvalue weighted by Crippen LogP contribution is -2.55. The Kier molecular flexibility index (Phi) is 4.79. The van der Waals surface area contributed by atoms with Gasteiger partial charge in [0.1, 0.15) is 0 Å². The first-order valence-corrected chi connectivity index (χ1v) is 3.84. The molecule has 0 bridgehead atoms. The number of methoxy groups -OCH3 is 1. The van der Waals surface area contributed by atoms with Gasteiger partial charge in [0.15, 0.2) is 5.54 Å². The van der Waals surface area contributed by atoms with Crippen molar-refractivity contribution in [2.75, 3.05) is 13.7 Å². The summed E-state index contributed by atoms with van der Waals surface area (Å²) >= 11 is 0. The van der Waals surface area contributed by atoms with Gasteiger partial charge in [0, 0.05) is 0 Å². The largest absolute Gasteiger partial charge is 0.467 e. The molecule has 4 nitrogen and oxygen atoms in total. The van der Waals surface area contributed by atoms with E-state index in [1.165, 1.54) is 0 Å². The highest BCUT2D eigenvalue weighted by Crippen LogP contribution is 2.20. The predicted molar refractivity (Wildman–Crippen MR) is 43.2 cm³/mol. The van der Waals surface area contributed by atoms with Gasteiger partial charge in [-0.05, 0) is 19.4 Å². The first-order chi connectivity index (χ1) is 5.99. The highest BCUT2D eigenvalue weighted by atomic mass is 19.3. The van der Waals surface area contributed by atoms with Gasteiger partial charge in [0.25, 0.3) is 6.43 Å². The molecule has 78 valence electrons. The Hall–Kier alpha value is -0.750. The second-order valence-corrected chi connectivity index (χ2v) is 2.72. The molecule has 0 aromatic heterocycles. The van der Waals surface area contributed by atoms with E-state index in [1.807, 2.05) is 0 Å². The number of alkyl halides is 2. The summed E-state index contributed by atoms with van der Waals surface area (Å²) < 4.78 is 28.9. The summed E-state index contributed by atoms with van der Waals surface area (Å²) in [6.45, 7) is 0.211. The van der Waals surface area contributed by atoms with Gasteiger partial charge in [-0.3, -0.25) is 0 Å². The van der Waals surface area contributed by atoms with E-state index in [4.69, 9.17) is 11.5 Å². The first-order valence-electron chi connectivity index (χ1n) is 3.84. The Balaban J connectivity index is 4.43. The SMILES string of the molecule is COC(=O)[C@](N)(CCCN)C(F)F. The lowest BCUT2D eigenvalue weighted by molar-refractivity contribution is -0.153. The Morgan fingerprint density at radius 3 is 2.46 bits per heavy atom. The molecule has 0 radical (unpaired) electrons. The monoisotopic (exact) mass is 196 g/mol. The van der Waals surface area contributed by atoms with Crippen LogP contribution in [0.5, 0.6) is 0 Å². The topological polar surface area (TPSA) is 78.3 Å². The minimum Gasteiger partial charge on any atom is -0.467 e. The number of hydrogen-bond acceptors (Lipinski definition) is 4. The van der Waals surface area contributed by atoms with Gasteiger partial charge in [-0.2, -0.15) is 0 Å². The number of esters is 1. The van der Waals surface area contributed by atoms with Gasteiger partial charge < -0.3 is 16.2 Å². The van der Waals surface area contributed by atoms with Crippen LogP contribution >= 0.6 is 0 Å². The molecule has 0 amide bonds. The number of nitrogens with two attached hydrogens (primary N) is 2. The van der Waals surface area contributed by atoms with E-state index in [0.29, 0.717) is 0 Å². The predicted octanol–water partition coefficient (Wildman–Crippen LogP) is -0.139. The maximum absolute atomic E-state index is 12.4. The third-order valence-corrected chi connectivity index (χ3v) is 1.75. The van der Waals surface area contributed by atoms with Gasteiger partial charge in [-0.15, -0.1) is 0 Å². The van der Waals surface area contributed by atoms with Crippen molar-refractivity contribution in [2.45, 2.75) is 24.8 Å². The molecule has 0 spiro atoms. The van der Waals surface area contributed by atoms with E-state index in [-0.39, 0.29) is 19.4 Å². The lowest BCUT2D eigenvalue weighted by Gasteiger charge is -2.24. The van der Waals surface area contributed by atoms with Gasteiger partial charge in [-0.25, -0.2) is 13.6 Å². The van der Waals surface area contributed by atoms with Crippen LogP contribution in [0.2, 0.25) is 0 Å². The molecule has 0 saturated carbocycles. The Morgan fingerprint density at radius 1 is 1.62 bits per heavy atom. The van der Waals surface area contributed by atoms with Crippen LogP contribution in [0.1, 0.15) is 12.8 Å². The molecule has 13 heavy (non-hydrogen) atoms. The molecule has 0 saturated heterocycles. The standard InChI is InChI=1S/C7H14F2N2O2/c1-13-6(12)7(11,5(8)9)3-2-4-10/h5H,2-4,10-11H2,1H3/t7-/m0/s1. The van der Waals surface area contributed by atoms with Gasteiger partial charge in [0.05, 0.1) is 7.11 Å². The van der Waals surface area contributed by atoms with Gasteiger partial charge >= 0.3 is 5.97 Å². The first kappa shape index (κ1) is 12.2. The van der Waals surface area contributed by atoms with E-state index >= 15 is 0 Å². The second-order valence-electron chi connectivity index (χ2n) is 2.72. The van der Waals surface area contributed by atoms with E-state index in [1.54, 1.807) is 0 Å². The molecule has 0 fully saturated rings.